The molecule has 1 atom stereocenters. The summed E-state index contributed by atoms with van der Waals surface area (Å²) in [6, 6.07) is 0.188. The van der Waals surface area contributed by atoms with Crippen LogP contribution >= 0.6 is 0 Å². The van der Waals surface area contributed by atoms with Crippen molar-refractivity contribution < 1.29 is 4.79 Å². The average Bonchev–Trinajstić information content (AvgIpc) is 2.66. The van der Waals surface area contributed by atoms with E-state index in [4.69, 9.17) is 11.1 Å². The van der Waals surface area contributed by atoms with Crippen molar-refractivity contribution in [2.45, 2.75) is 38.6 Å². The lowest BCUT2D eigenvalue weighted by Gasteiger charge is -2.15. The van der Waals surface area contributed by atoms with Crippen molar-refractivity contribution in [2.24, 2.45) is 11.7 Å². The van der Waals surface area contributed by atoms with Crippen LogP contribution in [-0.4, -0.2) is 24.5 Å². The predicted octanol–water partition coefficient (Wildman–Crippen LogP) is 0.800. The Labute approximate surface area is 90.3 Å². The van der Waals surface area contributed by atoms with Crippen molar-refractivity contribution in [3.63, 3.8) is 0 Å². The number of carbonyl (C=O) groups is 1. The first-order valence-electron chi connectivity index (χ1n) is 5.48. The molecule has 1 aliphatic carbocycles. The highest BCUT2D eigenvalue weighted by molar-refractivity contribution is 5.80. The molecule has 0 spiro atoms. The van der Waals surface area contributed by atoms with E-state index in [9.17, 15) is 4.79 Å². The van der Waals surface area contributed by atoms with Gasteiger partial charge >= 0.3 is 6.03 Å². The zero-order valence-corrected chi connectivity index (χ0v) is 9.18. The third kappa shape index (κ3) is 4.18. The van der Waals surface area contributed by atoms with E-state index in [0.717, 1.165) is 12.8 Å². The van der Waals surface area contributed by atoms with Crippen LogP contribution in [0.2, 0.25) is 0 Å². The van der Waals surface area contributed by atoms with Gasteiger partial charge in [0.05, 0.1) is 5.84 Å². The van der Waals surface area contributed by atoms with Gasteiger partial charge in [0.25, 0.3) is 0 Å². The van der Waals surface area contributed by atoms with E-state index in [2.05, 4.69) is 10.6 Å². The Hall–Kier alpha value is -1.26. The van der Waals surface area contributed by atoms with Gasteiger partial charge in [-0.15, -0.1) is 0 Å². The standard InChI is InChI=1S/C10H20N4O/c1-7(9(11)12)6-13-10(15)14-8-4-2-3-5-8/h7-8H,2-6H2,1H3,(H3,11,12)(H2,13,14,15). The summed E-state index contributed by atoms with van der Waals surface area (Å²) in [6.45, 7) is 2.24. The van der Waals surface area contributed by atoms with Crippen molar-refractivity contribution in [3.05, 3.63) is 0 Å². The highest BCUT2D eigenvalue weighted by Gasteiger charge is 2.17. The second kappa shape index (κ2) is 5.58. The van der Waals surface area contributed by atoms with Crippen LogP contribution in [0, 0.1) is 11.3 Å². The lowest BCUT2D eigenvalue weighted by Crippen LogP contribution is -2.43. The molecule has 5 nitrogen and oxygen atoms in total. The van der Waals surface area contributed by atoms with Crippen LogP contribution in [0.25, 0.3) is 0 Å². The maximum Gasteiger partial charge on any atom is 0.315 e. The summed E-state index contributed by atoms with van der Waals surface area (Å²) in [4.78, 5) is 11.4. The first kappa shape index (κ1) is 11.8. The number of urea groups is 1. The first-order valence-corrected chi connectivity index (χ1v) is 5.48. The molecule has 1 unspecified atom stereocenters. The van der Waals surface area contributed by atoms with E-state index in [-0.39, 0.29) is 17.8 Å². The van der Waals surface area contributed by atoms with Gasteiger partial charge in [-0.1, -0.05) is 19.8 Å². The number of hydrogen-bond acceptors (Lipinski definition) is 2. The summed E-state index contributed by atoms with van der Waals surface area (Å²) in [5.41, 5.74) is 5.30. The average molecular weight is 212 g/mol. The van der Waals surface area contributed by atoms with Gasteiger partial charge in [-0.3, -0.25) is 5.41 Å². The lowest BCUT2D eigenvalue weighted by atomic mass is 10.1. The summed E-state index contributed by atoms with van der Waals surface area (Å²) in [6.07, 6.45) is 4.56. The van der Waals surface area contributed by atoms with Crippen LogP contribution in [0.5, 0.6) is 0 Å². The SMILES string of the molecule is CC(CNC(=O)NC1CCCC1)C(=N)N. The largest absolute Gasteiger partial charge is 0.387 e. The van der Waals surface area contributed by atoms with Gasteiger partial charge < -0.3 is 16.4 Å². The zero-order valence-electron chi connectivity index (χ0n) is 9.18. The predicted molar refractivity (Wildman–Crippen MR) is 59.9 cm³/mol. The number of nitrogens with two attached hydrogens (primary N) is 1. The fourth-order valence-corrected chi connectivity index (χ4v) is 1.66. The minimum absolute atomic E-state index is 0.0978. The Morgan fingerprint density at radius 2 is 2.13 bits per heavy atom. The van der Waals surface area contributed by atoms with Gasteiger partial charge in [-0.2, -0.15) is 0 Å². The van der Waals surface area contributed by atoms with Gasteiger partial charge in [-0.05, 0) is 12.8 Å². The summed E-state index contributed by atoms with van der Waals surface area (Å²) >= 11 is 0. The Morgan fingerprint density at radius 3 is 2.67 bits per heavy atom. The summed E-state index contributed by atoms with van der Waals surface area (Å²) < 4.78 is 0. The van der Waals surface area contributed by atoms with Crippen LogP contribution in [0.3, 0.4) is 0 Å². The molecule has 0 radical (unpaired) electrons. The monoisotopic (exact) mass is 212 g/mol. The minimum atomic E-state index is -0.144. The minimum Gasteiger partial charge on any atom is -0.387 e. The molecule has 5 heteroatoms. The number of carbonyl (C=O) groups excluding carboxylic acids is 1. The van der Waals surface area contributed by atoms with Gasteiger partial charge in [-0.25, -0.2) is 4.79 Å². The van der Waals surface area contributed by atoms with Crippen LogP contribution < -0.4 is 16.4 Å². The molecule has 2 amide bonds. The van der Waals surface area contributed by atoms with Gasteiger partial charge in [0.15, 0.2) is 0 Å². The summed E-state index contributed by atoms with van der Waals surface area (Å²) in [5.74, 6) is 0.00972. The molecule has 86 valence electrons. The summed E-state index contributed by atoms with van der Waals surface area (Å²) in [7, 11) is 0. The zero-order chi connectivity index (χ0) is 11.3. The fraction of sp³-hybridized carbons (Fsp3) is 0.800. The number of nitrogens with one attached hydrogen (secondary N) is 3. The Kier molecular flexibility index (Phi) is 4.39. The maximum absolute atomic E-state index is 11.4. The van der Waals surface area contributed by atoms with Crippen molar-refractivity contribution in [1.82, 2.24) is 10.6 Å². The molecule has 15 heavy (non-hydrogen) atoms. The van der Waals surface area contributed by atoms with E-state index < -0.39 is 0 Å². The molecule has 0 aliphatic heterocycles. The van der Waals surface area contributed by atoms with Gasteiger partial charge in [0, 0.05) is 18.5 Å². The highest BCUT2D eigenvalue weighted by atomic mass is 16.2. The van der Waals surface area contributed by atoms with Crippen molar-refractivity contribution in [1.29, 1.82) is 5.41 Å². The highest BCUT2D eigenvalue weighted by Crippen LogP contribution is 2.17. The number of amidine groups is 1. The van der Waals surface area contributed by atoms with Crippen molar-refractivity contribution >= 4 is 11.9 Å². The van der Waals surface area contributed by atoms with E-state index >= 15 is 0 Å². The number of amides is 2. The lowest BCUT2D eigenvalue weighted by molar-refractivity contribution is 0.236. The van der Waals surface area contributed by atoms with Crippen LogP contribution in [0.4, 0.5) is 4.79 Å². The summed E-state index contributed by atoms with van der Waals surface area (Å²) in [5, 5.41) is 12.8. The molecule has 1 saturated carbocycles. The smallest absolute Gasteiger partial charge is 0.315 e. The van der Waals surface area contributed by atoms with Crippen LogP contribution in [0.15, 0.2) is 0 Å². The Morgan fingerprint density at radius 1 is 1.53 bits per heavy atom. The third-order valence-corrected chi connectivity index (χ3v) is 2.79. The molecular formula is C10H20N4O. The first-order chi connectivity index (χ1) is 7.09. The third-order valence-electron chi connectivity index (χ3n) is 2.79. The molecule has 0 saturated heterocycles. The maximum atomic E-state index is 11.4. The van der Waals surface area contributed by atoms with Crippen LogP contribution in [-0.2, 0) is 0 Å². The molecule has 5 N–H and O–H groups in total. The second-order valence-corrected chi connectivity index (χ2v) is 4.19. The van der Waals surface area contributed by atoms with Crippen molar-refractivity contribution in [3.8, 4) is 0 Å². The normalized spacial score (nSPS) is 18.5. The van der Waals surface area contributed by atoms with Crippen LogP contribution in [0.1, 0.15) is 32.6 Å². The number of hydrogen-bond donors (Lipinski definition) is 4. The van der Waals surface area contributed by atoms with E-state index in [1.54, 1.807) is 0 Å². The van der Waals surface area contributed by atoms with Crippen molar-refractivity contribution in [2.75, 3.05) is 6.54 Å². The topological polar surface area (TPSA) is 91.0 Å². The Bertz CT molecular complexity index is 236. The van der Waals surface area contributed by atoms with E-state index in [0.29, 0.717) is 12.6 Å². The molecule has 0 heterocycles. The molecule has 0 aromatic rings. The molecule has 0 aromatic heterocycles. The molecule has 1 aliphatic rings. The Balaban J connectivity index is 2.15. The van der Waals surface area contributed by atoms with E-state index in [1.807, 2.05) is 6.92 Å². The molecule has 1 fully saturated rings. The molecule has 0 bridgehead atoms. The quantitative estimate of drug-likeness (QED) is 0.410. The second-order valence-electron chi connectivity index (χ2n) is 4.19. The van der Waals surface area contributed by atoms with Gasteiger partial charge in [0.2, 0.25) is 0 Å². The van der Waals surface area contributed by atoms with Gasteiger partial charge in [0.1, 0.15) is 0 Å². The molecular weight excluding hydrogens is 192 g/mol. The number of rotatable bonds is 4. The molecule has 0 aromatic carbocycles. The van der Waals surface area contributed by atoms with E-state index in [1.165, 1.54) is 12.8 Å². The fourth-order valence-electron chi connectivity index (χ4n) is 1.66. The molecule has 1 rings (SSSR count).